The van der Waals surface area contributed by atoms with Crippen LogP contribution in [0.5, 0.6) is 0 Å². The van der Waals surface area contributed by atoms with E-state index in [4.69, 9.17) is 0 Å². The highest BCUT2D eigenvalue weighted by Crippen LogP contribution is 2.28. The molecule has 23 heavy (non-hydrogen) atoms. The van der Waals surface area contributed by atoms with Crippen LogP contribution in [0.15, 0.2) is 41.8 Å². The van der Waals surface area contributed by atoms with Gasteiger partial charge >= 0.3 is 0 Å². The number of hydrogen-bond donors (Lipinski definition) is 2. The number of benzene rings is 1. The molecule has 0 aliphatic carbocycles. The summed E-state index contributed by atoms with van der Waals surface area (Å²) in [6.07, 6.45) is 3.45. The Bertz CT molecular complexity index is 551. The molecule has 2 amide bonds. The van der Waals surface area contributed by atoms with Crippen molar-refractivity contribution in [1.82, 2.24) is 9.62 Å². The molecule has 124 valence electrons. The number of carbonyl (C=O) groups is 2. The van der Waals surface area contributed by atoms with Crippen molar-refractivity contribution in [3.8, 4) is 0 Å². The van der Waals surface area contributed by atoms with E-state index in [0.717, 1.165) is 43.1 Å². The third-order valence-electron chi connectivity index (χ3n) is 3.75. The first-order valence-electron chi connectivity index (χ1n) is 7.77. The molecule has 2 rings (SSSR count). The van der Waals surface area contributed by atoms with E-state index >= 15 is 0 Å². The molecule has 6 heteroatoms. The zero-order valence-corrected chi connectivity index (χ0v) is 14.2. The minimum Gasteiger partial charge on any atom is -0.356 e. The van der Waals surface area contributed by atoms with Crippen LogP contribution in [-0.4, -0.2) is 35.8 Å². The zero-order chi connectivity index (χ0) is 16.7. The van der Waals surface area contributed by atoms with Crippen LogP contribution in [0.2, 0.25) is 0 Å². The van der Waals surface area contributed by atoms with E-state index in [0.29, 0.717) is 5.92 Å². The van der Waals surface area contributed by atoms with E-state index in [-0.39, 0.29) is 11.8 Å². The minimum absolute atomic E-state index is 0.0467. The molecule has 0 spiro atoms. The number of nitrogens with one attached hydrogen (secondary N) is 2. The molecule has 0 atom stereocenters. The van der Waals surface area contributed by atoms with Crippen LogP contribution < -0.4 is 10.6 Å². The van der Waals surface area contributed by atoms with Gasteiger partial charge in [0.2, 0.25) is 11.8 Å². The second-order valence-electron chi connectivity index (χ2n) is 5.62. The summed E-state index contributed by atoms with van der Waals surface area (Å²) in [6.45, 7) is 7.81. The van der Waals surface area contributed by atoms with Crippen LogP contribution in [0.4, 0.5) is 5.69 Å². The molecule has 0 unspecified atom stereocenters. The molecule has 0 radical (unpaired) electrons. The summed E-state index contributed by atoms with van der Waals surface area (Å²) in [5, 5.41) is 5.64. The van der Waals surface area contributed by atoms with E-state index in [9.17, 15) is 9.59 Å². The monoisotopic (exact) mass is 333 g/mol. The Hall–Kier alpha value is -1.79. The molecule has 0 saturated carbocycles. The largest absolute Gasteiger partial charge is 0.356 e. The summed E-state index contributed by atoms with van der Waals surface area (Å²) in [6, 6.07) is 7.81. The number of rotatable bonds is 6. The summed E-state index contributed by atoms with van der Waals surface area (Å²) in [7, 11) is 0. The zero-order valence-electron chi connectivity index (χ0n) is 13.4. The summed E-state index contributed by atoms with van der Waals surface area (Å²) >= 11 is 1.74. The molecule has 1 fully saturated rings. The van der Waals surface area contributed by atoms with Crippen molar-refractivity contribution in [2.45, 2.75) is 24.7 Å². The molecule has 5 nitrogen and oxygen atoms in total. The lowest BCUT2D eigenvalue weighted by Gasteiger charge is -2.30. The van der Waals surface area contributed by atoms with E-state index in [1.807, 2.05) is 24.3 Å². The highest BCUT2D eigenvalue weighted by Gasteiger charge is 2.20. The third kappa shape index (κ3) is 6.08. The third-order valence-corrected chi connectivity index (χ3v) is 4.86. The van der Waals surface area contributed by atoms with Crippen LogP contribution in [0.1, 0.15) is 19.8 Å². The quantitative estimate of drug-likeness (QED) is 0.621. The Morgan fingerprint density at radius 1 is 1.30 bits per heavy atom. The van der Waals surface area contributed by atoms with E-state index in [1.165, 1.54) is 6.08 Å². The predicted octanol–water partition coefficient (Wildman–Crippen LogP) is 2.67. The van der Waals surface area contributed by atoms with E-state index in [2.05, 4.69) is 21.5 Å². The fraction of sp³-hybridized carbons (Fsp3) is 0.412. The van der Waals surface area contributed by atoms with Gasteiger partial charge in [0.25, 0.3) is 0 Å². The lowest BCUT2D eigenvalue weighted by Crippen LogP contribution is -2.35. The van der Waals surface area contributed by atoms with Crippen molar-refractivity contribution in [2.24, 2.45) is 5.92 Å². The Labute approximate surface area is 141 Å². The van der Waals surface area contributed by atoms with Crippen molar-refractivity contribution in [3.05, 3.63) is 36.9 Å². The summed E-state index contributed by atoms with van der Waals surface area (Å²) in [5.74, 6) is 0.421. The molecule has 1 saturated heterocycles. The first kappa shape index (κ1) is 17.6. The van der Waals surface area contributed by atoms with Gasteiger partial charge in [-0.25, -0.2) is 4.31 Å². The standard InChI is InChI=1S/C17H23N3O2S/c1-3-17(22)19-15-4-6-16(7-5-15)23-20-10-8-14(9-11-20)12-18-13(2)21/h3-7,14H,1,8-12H2,2H3,(H,18,21)(H,19,22). The SMILES string of the molecule is C=CC(=O)Nc1ccc(SN2CCC(CNC(C)=O)CC2)cc1. The van der Waals surface area contributed by atoms with Crippen molar-refractivity contribution in [3.63, 3.8) is 0 Å². The van der Waals surface area contributed by atoms with Gasteiger partial charge in [-0.15, -0.1) is 0 Å². The summed E-state index contributed by atoms with van der Waals surface area (Å²) < 4.78 is 2.35. The number of nitrogens with zero attached hydrogens (tertiary/aromatic N) is 1. The smallest absolute Gasteiger partial charge is 0.247 e. The second-order valence-corrected chi connectivity index (χ2v) is 6.79. The van der Waals surface area contributed by atoms with Crippen LogP contribution in [-0.2, 0) is 9.59 Å². The molecular weight excluding hydrogens is 310 g/mol. The molecule has 1 heterocycles. The van der Waals surface area contributed by atoms with Crippen molar-refractivity contribution >= 4 is 29.4 Å². The van der Waals surface area contributed by atoms with Gasteiger partial charge in [-0.1, -0.05) is 6.58 Å². The number of amides is 2. The maximum Gasteiger partial charge on any atom is 0.247 e. The normalized spacial score (nSPS) is 15.9. The topological polar surface area (TPSA) is 61.4 Å². The summed E-state index contributed by atoms with van der Waals surface area (Å²) in [4.78, 5) is 23.3. The predicted molar refractivity (Wildman–Crippen MR) is 94.1 cm³/mol. The second kappa shape index (κ2) is 8.74. The maximum absolute atomic E-state index is 11.2. The molecule has 0 aromatic heterocycles. The highest BCUT2D eigenvalue weighted by molar-refractivity contribution is 7.97. The van der Waals surface area contributed by atoms with Gasteiger partial charge in [0.05, 0.1) is 0 Å². The highest BCUT2D eigenvalue weighted by atomic mass is 32.2. The van der Waals surface area contributed by atoms with Gasteiger partial charge in [0, 0.05) is 37.1 Å². The Kier molecular flexibility index (Phi) is 6.67. The van der Waals surface area contributed by atoms with Gasteiger partial charge in [0.1, 0.15) is 0 Å². The van der Waals surface area contributed by atoms with E-state index in [1.54, 1.807) is 18.9 Å². The molecule has 1 aliphatic rings. The molecule has 1 aromatic rings. The van der Waals surface area contributed by atoms with Gasteiger partial charge < -0.3 is 10.6 Å². The summed E-state index contributed by atoms with van der Waals surface area (Å²) in [5.41, 5.74) is 0.772. The fourth-order valence-corrected chi connectivity index (χ4v) is 3.38. The average molecular weight is 333 g/mol. The molecule has 1 aliphatic heterocycles. The lowest BCUT2D eigenvalue weighted by atomic mass is 9.98. The van der Waals surface area contributed by atoms with Crippen LogP contribution in [0.25, 0.3) is 0 Å². The molecule has 2 N–H and O–H groups in total. The van der Waals surface area contributed by atoms with Gasteiger partial charge in [-0.2, -0.15) is 0 Å². The number of piperidine rings is 1. The minimum atomic E-state index is -0.202. The van der Waals surface area contributed by atoms with Gasteiger partial charge in [-0.05, 0) is 61.0 Å². The number of carbonyl (C=O) groups excluding carboxylic acids is 2. The van der Waals surface area contributed by atoms with Crippen LogP contribution in [0.3, 0.4) is 0 Å². The average Bonchev–Trinajstić information content (AvgIpc) is 2.56. The Morgan fingerprint density at radius 3 is 2.52 bits per heavy atom. The van der Waals surface area contributed by atoms with Gasteiger partial charge in [-0.3, -0.25) is 9.59 Å². The molecule has 1 aromatic carbocycles. The van der Waals surface area contributed by atoms with Crippen molar-refractivity contribution < 1.29 is 9.59 Å². The lowest BCUT2D eigenvalue weighted by molar-refractivity contribution is -0.119. The van der Waals surface area contributed by atoms with Gasteiger partial charge in [0.15, 0.2) is 0 Å². The Balaban J connectivity index is 1.76. The Morgan fingerprint density at radius 2 is 1.96 bits per heavy atom. The van der Waals surface area contributed by atoms with Crippen molar-refractivity contribution in [2.75, 3.05) is 25.0 Å². The fourth-order valence-electron chi connectivity index (χ4n) is 2.43. The van der Waals surface area contributed by atoms with Crippen LogP contribution >= 0.6 is 11.9 Å². The number of anilines is 1. The molecular formula is C17H23N3O2S. The molecule has 0 bridgehead atoms. The number of hydrogen-bond acceptors (Lipinski definition) is 4. The maximum atomic E-state index is 11.2. The van der Waals surface area contributed by atoms with Crippen LogP contribution in [0, 0.1) is 5.92 Å². The van der Waals surface area contributed by atoms with Crippen molar-refractivity contribution in [1.29, 1.82) is 0 Å². The first-order chi connectivity index (χ1) is 11.1. The van der Waals surface area contributed by atoms with E-state index < -0.39 is 0 Å². The first-order valence-corrected chi connectivity index (χ1v) is 8.55.